The smallest absolute Gasteiger partial charge is 0.234 e. The number of nitrogens with zero attached hydrogens (tertiary/aromatic N) is 4. The summed E-state index contributed by atoms with van der Waals surface area (Å²) in [6.07, 6.45) is 3.40. The van der Waals surface area contributed by atoms with Gasteiger partial charge in [-0.05, 0) is 55.3 Å². The first-order valence-corrected chi connectivity index (χ1v) is 10.6. The van der Waals surface area contributed by atoms with E-state index in [1.807, 2.05) is 47.9 Å². The molecule has 0 fully saturated rings. The van der Waals surface area contributed by atoms with E-state index < -0.39 is 0 Å². The Balaban J connectivity index is 1.59. The Hall–Kier alpha value is -3.52. The van der Waals surface area contributed by atoms with Crippen molar-refractivity contribution in [2.45, 2.75) is 19.0 Å². The molecule has 2 aromatic carbocycles. The molecule has 2 aromatic heterocycles. The SMILES string of the molecule is Cc1ccc(NC(=O)CSc2nnc(-c3ccncc3)n2-c2ccccc2C)cc1F. The largest absolute Gasteiger partial charge is 0.325 e. The van der Waals surface area contributed by atoms with Crippen LogP contribution in [0.25, 0.3) is 17.1 Å². The number of hydrogen-bond acceptors (Lipinski definition) is 5. The number of anilines is 1. The van der Waals surface area contributed by atoms with Crippen LogP contribution in [0.15, 0.2) is 72.1 Å². The fourth-order valence-electron chi connectivity index (χ4n) is 3.08. The summed E-state index contributed by atoms with van der Waals surface area (Å²) >= 11 is 1.27. The third kappa shape index (κ3) is 4.64. The number of aryl methyl sites for hydroxylation is 2. The summed E-state index contributed by atoms with van der Waals surface area (Å²) in [5.41, 5.74) is 3.81. The van der Waals surface area contributed by atoms with Crippen molar-refractivity contribution in [2.24, 2.45) is 0 Å². The van der Waals surface area contributed by atoms with Crippen molar-refractivity contribution in [2.75, 3.05) is 11.1 Å². The van der Waals surface area contributed by atoms with Gasteiger partial charge in [0.15, 0.2) is 11.0 Å². The Morgan fingerprint density at radius 3 is 2.55 bits per heavy atom. The van der Waals surface area contributed by atoms with Gasteiger partial charge in [-0.3, -0.25) is 14.3 Å². The molecule has 1 amide bonds. The first-order valence-electron chi connectivity index (χ1n) is 9.63. The second kappa shape index (κ2) is 9.09. The number of halogens is 1. The van der Waals surface area contributed by atoms with Crippen LogP contribution in [0, 0.1) is 19.7 Å². The van der Waals surface area contributed by atoms with Gasteiger partial charge in [-0.15, -0.1) is 10.2 Å². The molecule has 0 bridgehead atoms. The zero-order valence-corrected chi connectivity index (χ0v) is 17.9. The second-order valence-corrected chi connectivity index (χ2v) is 7.91. The van der Waals surface area contributed by atoms with Crippen molar-refractivity contribution in [3.05, 3.63) is 83.9 Å². The van der Waals surface area contributed by atoms with Crippen molar-refractivity contribution in [1.29, 1.82) is 0 Å². The summed E-state index contributed by atoms with van der Waals surface area (Å²) in [7, 11) is 0. The number of aromatic nitrogens is 4. The summed E-state index contributed by atoms with van der Waals surface area (Å²) in [4.78, 5) is 16.5. The predicted molar refractivity (Wildman–Crippen MR) is 120 cm³/mol. The summed E-state index contributed by atoms with van der Waals surface area (Å²) in [5, 5.41) is 12.0. The maximum Gasteiger partial charge on any atom is 0.234 e. The van der Waals surface area contributed by atoms with Gasteiger partial charge in [-0.25, -0.2) is 4.39 Å². The summed E-state index contributed by atoms with van der Waals surface area (Å²) in [6, 6.07) is 16.3. The van der Waals surface area contributed by atoms with Crippen molar-refractivity contribution < 1.29 is 9.18 Å². The molecule has 4 aromatic rings. The van der Waals surface area contributed by atoms with Crippen LogP contribution in [0.3, 0.4) is 0 Å². The zero-order chi connectivity index (χ0) is 21.8. The van der Waals surface area contributed by atoms with E-state index in [-0.39, 0.29) is 17.5 Å². The Morgan fingerprint density at radius 2 is 1.81 bits per heavy atom. The Kier molecular flexibility index (Phi) is 6.08. The van der Waals surface area contributed by atoms with E-state index in [0.717, 1.165) is 16.8 Å². The van der Waals surface area contributed by atoms with E-state index in [1.165, 1.54) is 17.8 Å². The molecule has 31 heavy (non-hydrogen) atoms. The number of nitrogens with one attached hydrogen (secondary N) is 1. The molecule has 0 aliphatic carbocycles. The lowest BCUT2D eigenvalue weighted by Gasteiger charge is -2.13. The lowest BCUT2D eigenvalue weighted by Crippen LogP contribution is -2.15. The molecule has 0 saturated heterocycles. The van der Waals surface area contributed by atoms with E-state index in [1.54, 1.807) is 31.5 Å². The maximum absolute atomic E-state index is 13.7. The molecule has 0 atom stereocenters. The van der Waals surface area contributed by atoms with Crippen LogP contribution in [0.4, 0.5) is 10.1 Å². The maximum atomic E-state index is 13.7. The van der Waals surface area contributed by atoms with Gasteiger partial charge in [0.1, 0.15) is 5.82 Å². The average molecular weight is 434 g/mol. The molecule has 0 unspecified atom stereocenters. The van der Waals surface area contributed by atoms with Crippen LogP contribution in [0.2, 0.25) is 0 Å². The monoisotopic (exact) mass is 433 g/mol. The van der Waals surface area contributed by atoms with E-state index in [9.17, 15) is 9.18 Å². The van der Waals surface area contributed by atoms with Gasteiger partial charge in [0, 0.05) is 23.6 Å². The van der Waals surface area contributed by atoms with E-state index in [0.29, 0.717) is 22.2 Å². The van der Waals surface area contributed by atoms with Crippen molar-refractivity contribution in [3.63, 3.8) is 0 Å². The minimum atomic E-state index is -0.355. The fraction of sp³-hybridized carbons (Fsp3) is 0.130. The summed E-state index contributed by atoms with van der Waals surface area (Å²) in [6.45, 7) is 3.69. The fourth-order valence-corrected chi connectivity index (χ4v) is 3.83. The lowest BCUT2D eigenvalue weighted by molar-refractivity contribution is -0.113. The van der Waals surface area contributed by atoms with Crippen LogP contribution >= 0.6 is 11.8 Å². The summed E-state index contributed by atoms with van der Waals surface area (Å²) < 4.78 is 15.7. The molecule has 156 valence electrons. The van der Waals surface area contributed by atoms with Gasteiger partial charge < -0.3 is 5.32 Å². The van der Waals surface area contributed by atoms with Gasteiger partial charge in [0.2, 0.25) is 5.91 Å². The highest BCUT2D eigenvalue weighted by Gasteiger charge is 2.18. The topological polar surface area (TPSA) is 72.7 Å². The van der Waals surface area contributed by atoms with Crippen LogP contribution in [-0.2, 0) is 4.79 Å². The Morgan fingerprint density at radius 1 is 1.03 bits per heavy atom. The molecule has 2 heterocycles. The molecule has 4 rings (SSSR count). The molecule has 0 radical (unpaired) electrons. The van der Waals surface area contributed by atoms with Crippen LogP contribution in [-0.4, -0.2) is 31.4 Å². The minimum Gasteiger partial charge on any atom is -0.325 e. The Bertz CT molecular complexity index is 1230. The number of carbonyl (C=O) groups excluding carboxylic acids is 1. The third-order valence-electron chi connectivity index (χ3n) is 4.72. The normalized spacial score (nSPS) is 10.8. The molecule has 0 aliphatic rings. The van der Waals surface area contributed by atoms with Gasteiger partial charge in [0.05, 0.1) is 11.4 Å². The minimum absolute atomic E-state index is 0.107. The Labute approximate surface area is 183 Å². The molecule has 0 saturated carbocycles. The first-order chi connectivity index (χ1) is 15.0. The van der Waals surface area contributed by atoms with E-state index in [4.69, 9.17) is 0 Å². The predicted octanol–water partition coefficient (Wildman–Crippen LogP) is 4.82. The standard InChI is InChI=1S/C23H20FN5OS/c1-15-7-8-18(13-19(15)24)26-21(30)14-31-23-28-27-22(17-9-11-25-12-10-17)29(23)20-6-4-3-5-16(20)2/h3-13H,14H2,1-2H3,(H,26,30). The first kappa shape index (κ1) is 20.7. The van der Waals surface area contributed by atoms with Gasteiger partial charge in [0.25, 0.3) is 0 Å². The molecule has 8 heteroatoms. The average Bonchev–Trinajstić information content (AvgIpc) is 3.19. The van der Waals surface area contributed by atoms with Crippen LogP contribution < -0.4 is 5.32 Å². The lowest BCUT2D eigenvalue weighted by atomic mass is 10.2. The molecule has 0 spiro atoms. The highest BCUT2D eigenvalue weighted by Crippen LogP contribution is 2.29. The number of hydrogen-bond donors (Lipinski definition) is 1. The summed E-state index contributed by atoms with van der Waals surface area (Å²) in [5.74, 6) is 0.167. The number of carbonyl (C=O) groups is 1. The highest BCUT2D eigenvalue weighted by atomic mass is 32.2. The number of thioether (sulfide) groups is 1. The van der Waals surface area contributed by atoms with Gasteiger partial charge in [-0.1, -0.05) is 36.0 Å². The number of rotatable bonds is 6. The van der Waals surface area contributed by atoms with Crippen LogP contribution in [0.5, 0.6) is 0 Å². The van der Waals surface area contributed by atoms with E-state index in [2.05, 4.69) is 20.5 Å². The number of amides is 1. The second-order valence-electron chi connectivity index (χ2n) is 6.96. The van der Waals surface area contributed by atoms with E-state index >= 15 is 0 Å². The van der Waals surface area contributed by atoms with Crippen molar-refractivity contribution in [1.82, 2.24) is 19.7 Å². The number of benzene rings is 2. The quantitative estimate of drug-likeness (QED) is 0.442. The van der Waals surface area contributed by atoms with Crippen molar-refractivity contribution in [3.8, 4) is 17.1 Å². The van der Waals surface area contributed by atoms with Crippen LogP contribution in [0.1, 0.15) is 11.1 Å². The molecular weight excluding hydrogens is 413 g/mol. The zero-order valence-electron chi connectivity index (χ0n) is 17.0. The van der Waals surface area contributed by atoms with Crippen molar-refractivity contribution >= 4 is 23.4 Å². The van der Waals surface area contributed by atoms with Gasteiger partial charge in [-0.2, -0.15) is 0 Å². The third-order valence-corrected chi connectivity index (χ3v) is 5.65. The number of pyridine rings is 1. The molecular formula is C23H20FN5OS. The molecule has 1 N–H and O–H groups in total. The van der Waals surface area contributed by atoms with Gasteiger partial charge >= 0.3 is 0 Å². The molecule has 6 nitrogen and oxygen atoms in total. The number of para-hydroxylation sites is 1. The highest BCUT2D eigenvalue weighted by molar-refractivity contribution is 7.99. The molecule has 0 aliphatic heterocycles.